The van der Waals surface area contributed by atoms with Gasteiger partial charge in [0, 0.05) is 12.5 Å². The number of hydrogen-bond acceptors (Lipinski definition) is 3. The van der Waals surface area contributed by atoms with Crippen molar-refractivity contribution in [2.45, 2.75) is 13.3 Å². The first-order valence-corrected chi connectivity index (χ1v) is 5.86. The second-order valence-electron chi connectivity index (χ2n) is 4.49. The molecule has 18 heavy (non-hydrogen) atoms. The largest absolute Gasteiger partial charge is 0.396 e. The minimum atomic E-state index is 0.618. The Morgan fingerprint density at radius 3 is 3.00 bits per heavy atom. The predicted octanol–water partition coefficient (Wildman–Crippen LogP) is 2.21. The number of hydrogen-bond donors (Lipinski definition) is 1. The molecule has 0 aliphatic heterocycles. The normalized spacial score (nSPS) is 10.9. The number of nitrogens with two attached hydrogens (primary N) is 1. The highest BCUT2D eigenvalue weighted by atomic mass is 15.2. The Morgan fingerprint density at radius 1 is 1.28 bits per heavy atom. The van der Waals surface area contributed by atoms with Crippen LogP contribution in [0.3, 0.4) is 0 Å². The van der Waals surface area contributed by atoms with E-state index in [-0.39, 0.29) is 0 Å². The number of anilines is 1. The maximum atomic E-state index is 5.68. The summed E-state index contributed by atoms with van der Waals surface area (Å²) in [6, 6.07) is 10.4. The zero-order valence-electron chi connectivity index (χ0n) is 10.2. The predicted molar refractivity (Wildman–Crippen MR) is 71.4 cm³/mol. The van der Waals surface area contributed by atoms with E-state index < -0.39 is 0 Å². The number of nitrogens with zero attached hydrogens (tertiary/aromatic N) is 3. The smallest absolute Gasteiger partial charge is 0.155 e. The molecule has 4 heteroatoms. The van der Waals surface area contributed by atoms with Crippen molar-refractivity contribution in [3.8, 4) is 0 Å². The molecule has 4 nitrogen and oxygen atoms in total. The van der Waals surface area contributed by atoms with Crippen LogP contribution < -0.4 is 5.73 Å². The number of benzene rings is 1. The molecule has 2 heterocycles. The van der Waals surface area contributed by atoms with Crippen LogP contribution in [0.4, 0.5) is 5.69 Å². The summed E-state index contributed by atoms with van der Waals surface area (Å²) in [5, 5.41) is 4.47. The van der Waals surface area contributed by atoms with Crippen molar-refractivity contribution >= 4 is 11.3 Å². The summed E-state index contributed by atoms with van der Waals surface area (Å²) in [6.45, 7) is 2.09. The highest BCUT2D eigenvalue weighted by molar-refractivity contribution is 5.45. The Bertz CT molecular complexity index is 700. The summed E-state index contributed by atoms with van der Waals surface area (Å²) in [5.74, 6) is 0. The lowest BCUT2D eigenvalue weighted by atomic mass is 10.1. The van der Waals surface area contributed by atoms with Gasteiger partial charge in [-0.05, 0) is 12.5 Å². The maximum Gasteiger partial charge on any atom is 0.155 e. The molecular weight excluding hydrogens is 224 g/mol. The third-order valence-corrected chi connectivity index (χ3v) is 2.85. The van der Waals surface area contributed by atoms with E-state index in [4.69, 9.17) is 5.73 Å². The quantitative estimate of drug-likeness (QED) is 0.744. The minimum Gasteiger partial charge on any atom is -0.396 e. The second kappa shape index (κ2) is 4.14. The van der Waals surface area contributed by atoms with Crippen LogP contribution in [0, 0.1) is 6.92 Å². The van der Waals surface area contributed by atoms with Crippen LogP contribution in [0.15, 0.2) is 42.7 Å². The number of rotatable bonds is 2. The second-order valence-corrected chi connectivity index (χ2v) is 4.49. The maximum absolute atomic E-state index is 5.68. The van der Waals surface area contributed by atoms with Crippen molar-refractivity contribution in [1.82, 2.24) is 14.6 Å². The van der Waals surface area contributed by atoms with E-state index in [0.29, 0.717) is 5.69 Å². The lowest BCUT2D eigenvalue weighted by Gasteiger charge is -1.99. The van der Waals surface area contributed by atoms with Crippen LogP contribution in [0.1, 0.15) is 16.8 Å². The topological polar surface area (TPSA) is 56.2 Å². The molecule has 0 atom stereocenters. The lowest BCUT2D eigenvalue weighted by Crippen LogP contribution is -1.95. The molecule has 2 N–H and O–H groups in total. The molecule has 90 valence electrons. The van der Waals surface area contributed by atoms with Crippen LogP contribution in [0.25, 0.3) is 5.65 Å². The standard InChI is InChI=1S/C14H14N4/c1-10-3-2-4-11(5-10)6-13-7-14-16-8-12(15)9-18(14)17-13/h2-5,7-9H,6,15H2,1H3. The van der Waals surface area contributed by atoms with Crippen LogP contribution in [-0.2, 0) is 6.42 Å². The van der Waals surface area contributed by atoms with Gasteiger partial charge in [-0.15, -0.1) is 0 Å². The molecule has 2 aromatic heterocycles. The van der Waals surface area contributed by atoms with Gasteiger partial charge in [0.2, 0.25) is 0 Å². The Balaban J connectivity index is 1.95. The molecule has 3 rings (SSSR count). The van der Waals surface area contributed by atoms with E-state index in [1.54, 1.807) is 16.9 Å². The van der Waals surface area contributed by atoms with Gasteiger partial charge >= 0.3 is 0 Å². The molecule has 0 radical (unpaired) electrons. The lowest BCUT2D eigenvalue weighted by molar-refractivity contribution is 0.898. The fraction of sp³-hybridized carbons (Fsp3) is 0.143. The van der Waals surface area contributed by atoms with E-state index in [2.05, 4.69) is 41.3 Å². The van der Waals surface area contributed by atoms with Crippen molar-refractivity contribution in [1.29, 1.82) is 0 Å². The SMILES string of the molecule is Cc1cccc(Cc2cc3ncc(N)cn3n2)c1. The molecule has 0 aliphatic carbocycles. The van der Waals surface area contributed by atoms with Crippen LogP contribution in [-0.4, -0.2) is 14.6 Å². The summed E-state index contributed by atoms with van der Waals surface area (Å²) in [6.07, 6.45) is 4.24. The van der Waals surface area contributed by atoms with Crippen molar-refractivity contribution in [3.05, 3.63) is 59.5 Å². The summed E-state index contributed by atoms with van der Waals surface area (Å²) in [5.41, 5.74) is 10.6. The molecule has 0 spiro atoms. The Hall–Kier alpha value is -2.36. The number of aryl methyl sites for hydroxylation is 1. The first-order chi connectivity index (χ1) is 8.70. The van der Waals surface area contributed by atoms with Gasteiger partial charge in [0.15, 0.2) is 5.65 Å². The number of aromatic nitrogens is 3. The zero-order valence-corrected chi connectivity index (χ0v) is 10.2. The van der Waals surface area contributed by atoms with Crippen LogP contribution in [0.5, 0.6) is 0 Å². The van der Waals surface area contributed by atoms with E-state index in [1.807, 2.05) is 6.07 Å². The van der Waals surface area contributed by atoms with Gasteiger partial charge in [0.25, 0.3) is 0 Å². The molecular formula is C14H14N4. The average Bonchev–Trinajstić information content (AvgIpc) is 2.70. The van der Waals surface area contributed by atoms with Gasteiger partial charge in [-0.25, -0.2) is 9.50 Å². The van der Waals surface area contributed by atoms with Gasteiger partial charge in [0.05, 0.1) is 23.8 Å². The van der Waals surface area contributed by atoms with Gasteiger partial charge in [-0.3, -0.25) is 0 Å². The van der Waals surface area contributed by atoms with E-state index in [1.165, 1.54) is 11.1 Å². The molecule has 0 saturated heterocycles. The molecule has 1 aromatic carbocycles. The molecule has 0 aliphatic rings. The summed E-state index contributed by atoms with van der Waals surface area (Å²) in [4.78, 5) is 4.24. The Morgan fingerprint density at radius 2 is 2.17 bits per heavy atom. The Kier molecular flexibility index (Phi) is 2.48. The fourth-order valence-corrected chi connectivity index (χ4v) is 2.06. The summed E-state index contributed by atoms with van der Waals surface area (Å²) < 4.78 is 1.72. The van der Waals surface area contributed by atoms with E-state index in [9.17, 15) is 0 Å². The monoisotopic (exact) mass is 238 g/mol. The van der Waals surface area contributed by atoms with Crippen molar-refractivity contribution in [2.24, 2.45) is 0 Å². The highest BCUT2D eigenvalue weighted by Gasteiger charge is 2.04. The third kappa shape index (κ3) is 2.05. The highest BCUT2D eigenvalue weighted by Crippen LogP contribution is 2.12. The molecule has 0 bridgehead atoms. The number of fused-ring (bicyclic) bond motifs is 1. The first-order valence-electron chi connectivity index (χ1n) is 5.86. The van der Waals surface area contributed by atoms with Crippen molar-refractivity contribution in [2.75, 3.05) is 5.73 Å². The van der Waals surface area contributed by atoms with Gasteiger partial charge in [-0.1, -0.05) is 29.8 Å². The molecule has 0 amide bonds. The fourth-order valence-electron chi connectivity index (χ4n) is 2.06. The van der Waals surface area contributed by atoms with Crippen LogP contribution in [0.2, 0.25) is 0 Å². The average molecular weight is 238 g/mol. The first kappa shape index (κ1) is 10.8. The van der Waals surface area contributed by atoms with Crippen molar-refractivity contribution in [3.63, 3.8) is 0 Å². The van der Waals surface area contributed by atoms with Gasteiger partial charge in [0.1, 0.15) is 0 Å². The van der Waals surface area contributed by atoms with Gasteiger partial charge < -0.3 is 5.73 Å². The molecule has 0 unspecified atom stereocenters. The summed E-state index contributed by atoms with van der Waals surface area (Å²) >= 11 is 0. The Labute approximate surface area is 105 Å². The van der Waals surface area contributed by atoms with E-state index >= 15 is 0 Å². The molecule has 0 fully saturated rings. The molecule has 0 saturated carbocycles. The van der Waals surface area contributed by atoms with Crippen molar-refractivity contribution < 1.29 is 0 Å². The summed E-state index contributed by atoms with van der Waals surface area (Å²) in [7, 11) is 0. The zero-order chi connectivity index (χ0) is 12.5. The third-order valence-electron chi connectivity index (χ3n) is 2.85. The minimum absolute atomic E-state index is 0.618. The number of nitrogen functional groups attached to an aromatic ring is 1. The molecule has 3 aromatic rings. The van der Waals surface area contributed by atoms with E-state index in [0.717, 1.165) is 17.8 Å². The van der Waals surface area contributed by atoms with Gasteiger partial charge in [-0.2, -0.15) is 5.10 Å². The van der Waals surface area contributed by atoms with Crippen LogP contribution >= 0.6 is 0 Å².